The highest BCUT2D eigenvalue weighted by Crippen LogP contribution is 2.34. The molecule has 0 saturated carbocycles. The number of esters is 2. The molecule has 0 bridgehead atoms. The van der Waals surface area contributed by atoms with E-state index in [9.17, 15) is 9.59 Å². The smallest absolute Gasteiger partial charge is 0.305 e. The SMILES string of the molecule is CC(=O)OCCCC(=O)OCCC[C@@H]1N=C(c2ccccn2)c2cc(Br)ccc2-n2c(C)cnc21. The first-order chi connectivity index (χ1) is 16.9. The predicted octanol–water partition coefficient (Wildman–Crippen LogP) is 4.90. The molecule has 0 radical (unpaired) electrons. The molecule has 4 rings (SSSR count). The topological polar surface area (TPSA) is 95.7 Å². The van der Waals surface area contributed by atoms with Crippen molar-refractivity contribution in [2.75, 3.05) is 13.2 Å². The summed E-state index contributed by atoms with van der Waals surface area (Å²) >= 11 is 3.60. The molecular formula is C26H27BrN4O4. The van der Waals surface area contributed by atoms with Crippen LogP contribution >= 0.6 is 15.9 Å². The molecule has 0 aliphatic carbocycles. The van der Waals surface area contributed by atoms with Gasteiger partial charge in [0, 0.05) is 41.5 Å². The van der Waals surface area contributed by atoms with Crippen molar-refractivity contribution >= 4 is 33.6 Å². The van der Waals surface area contributed by atoms with Crippen LogP contribution < -0.4 is 0 Å². The zero-order valence-electron chi connectivity index (χ0n) is 19.7. The summed E-state index contributed by atoms with van der Waals surface area (Å²) in [6.45, 7) is 3.88. The van der Waals surface area contributed by atoms with E-state index in [1.807, 2.05) is 37.4 Å². The second-order valence-corrected chi connectivity index (χ2v) is 9.19. The van der Waals surface area contributed by atoms with Crippen LogP contribution in [-0.2, 0) is 19.1 Å². The molecule has 3 aromatic rings. The molecule has 0 unspecified atom stereocenters. The molecule has 3 heterocycles. The predicted molar refractivity (Wildman–Crippen MR) is 135 cm³/mol. The maximum atomic E-state index is 12.0. The number of halogens is 1. The third kappa shape index (κ3) is 6.03. The number of aryl methyl sites for hydroxylation is 1. The van der Waals surface area contributed by atoms with Crippen molar-refractivity contribution in [1.29, 1.82) is 0 Å². The summed E-state index contributed by atoms with van der Waals surface area (Å²) in [6.07, 6.45) is 5.57. The second-order valence-electron chi connectivity index (χ2n) is 8.27. The highest BCUT2D eigenvalue weighted by atomic mass is 79.9. The average molecular weight is 539 g/mol. The van der Waals surface area contributed by atoms with Crippen LogP contribution in [0.25, 0.3) is 5.69 Å². The molecule has 0 fully saturated rings. The van der Waals surface area contributed by atoms with E-state index < -0.39 is 0 Å². The van der Waals surface area contributed by atoms with E-state index in [0.717, 1.165) is 38.6 Å². The second kappa shape index (κ2) is 11.4. The third-order valence-electron chi connectivity index (χ3n) is 5.63. The molecular weight excluding hydrogens is 512 g/mol. The van der Waals surface area contributed by atoms with E-state index >= 15 is 0 Å². The molecule has 8 nitrogen and oxygen atoms in total. The first-order valence-corrected chi connectivity index (χ1v) is 12.4. The van der Waals surface area contributed by atoms with Crippen molar-refractivity contribution in [1.82, 2.24) is 14.5 Å². The first-order valence-electron chi connectivity index (χ1n) is 11.6. The number of imidazole rings is 1. The van der Waals surface area contributed by atoms with Gasteiger partial charge in [-0.2, -0.15) is 0 Å². The molecule has 0 N–H and O–H groups in total. The number of hydrogen-bond acceptors (Lipinski definition) is 7. The molecule has 2 aromatic heterocycles. The molecule has 1 aliphatic heterocycles. The lowest BCUT2D eigenvalue weighted by molar-refractivity contribution is -0.146. The van der Waals surface area contributed by atoms with E-state index in [-0.39, 0.29) is 37.6 Å². The van der Waals surface area contributed by atoms with E-state index in [4.69, 9.17) is 19.5 Å². The number of aliphatic imine (C=N–C) groups is 1. The minimum absolute atomic E-state index is 0.215. The Morgan fingerprint density at radius 2 is 1.91 bits per heavy atom. The van der Waals surface area contributed by atoms with Gasteiger partial charge in [0.25, 0.3) is 0 Å². The van der Waals surface area contributed by atoms with E-state index in [2.05, 4.69) is 37.6 Å². The van der Waals surface area contributed by atoms with Gasteiger partial charge in [-0.3, -0.25) is 24.1 Å². The summed E-state index contributed by atoms with van der Waals surface area (Å²) in [6, 6.07) is 11.7. The van der Waals surface area contributed by atoms with Crippen LogP contribution in [0.4, 0.5) is 0 Å². The molecule has 35 heavy (non-hydrogen) atoms. The van der Waals surface area contributed by atoms with Gasteiger partial charge in [0.2, 0.25) is 0 Å². The molecule has 0 saturated heterocycles. The van der Waals surface area contributed by atoms with E-state index in [1.54, 1.807) is 6.20 Å². The molecule has 9 heteroatoms. The van der Waals surface area contributed by atoms with Crippen LogP contribution in [0.3, 0.4) is 0 Å². The number of ether oxygens (including phenoxy) is 2. The number of rotatable bonds is 9. The van der Waals surface area contributed by atoms with Gasteiger partial charge in [0.15, 0.2) is 0 Å². The minimum Gasteiger partial charge on any atom is -0.466 e. The van der Waals surface area contributed by atoms with Gasteiger partial charge in [-0.1, -0.05) is 22.0 Å². The largest absolute Gasteiger partial charge is 0.466 e. The Kier molecular flexibility index (Phi) is 8.07. The Bertz CT molecular complexity index is 1240. The zero-order valence-corrected chi connectivity index (χ0v) is 21.3. The van der Waals surface area contributed by atoms with Gasteiger partial charge in [-0.05, 0) is 56.5 Å². The lowest BCUT2D eigenvalue weighted by Gasteiger charge is -2.14. The van der Waals surface area contributed by atoms with Crippen molar-refractivity contribution < 1.29 is 19.1 Å². The number of aromatic nitrogens is 3. The van der Waals surface area contributed by atoms with Gasteiger partial charge in [-0.25, -0.2) is 4.98 Å². The van der Waals surface area contributed by atoms with Gasteiger partial charge in [-0.15, -0.1) is 0 Å². The Balaban J connectivity index is 1.52. The van der Waals surface area contributed by atoms with E-state index in [0.29, 0.717) is 19.3 Å². The quantitative estimate of drug-likeness (QED) is 0.284. The molecule has 1 aliphatic rings. The van der Waals surface area contributed by atoms with Crippen LogP contribution in [0.2, 0.25) is 0 Å². The van der Waals surface area contributed by atoms with E-state index in [1.165, 1.54) is 6.92 Å². The Labute approximate surface area is 212 Å². The normalized spacial score (nSPS) is 14.4. The fraction of sp³-hybridized carbons (Fsp3) is 0.346. The average Bonchev–Trinajstić information content (AvgIpc) is 3.16. The number of carbonyl (C=O) groups excluding carboxylic acids is 2. The number of benzene rings is 1. The molecule has 1 aromatic carbocycles. The summed E-state index contributed by atoms with van der Waals surface area (Å²) in [7, 11) is 0. The Morgan fingerprint density at radius 3 is 2.69 bits per heavy atom. The van der Waals surface area contributed by atoms with Crippen molar-refractivity contribution in [3.8, 4) is 5.69 Å². The number of pyridine rings is 1. The van der Waals surface area contributed by atoms with Crippen molar-refractivity contribution in [3.05, 3.63) is 76.0 Å². The van der Waals surface area contributed by atoms with Crippen molar-refractivity contribution in [2.45, 2.75) is 45.6 Å². The first kappa shape index (κ1) is 24.8. The number of fused-ring (bicyclic) bond motifs is 3. The molecule has 182 valence electrons. The Hall–Kier alpha value is -3.33. The highest BCUT2D eigenvalue weighted by Gasteiger charge is 2.27. The zero-order chi connectivity index (χ0) is 24.8. The third-order valence-corrected chi connectivity index (χ3v) is 6.12. The minimum atomic E-state index is -0.351. The Morgan fingerprint density at radius 1 is 1.09 bits per heavy atom. The fourth-order valence-electron chi connectivity index (χ4n) is 4.05. The monoisotopic (exact) mass is 538 g/mol. The molecule has 0 amide bonds. The van der Waals surface area contributed by atoms with Gasteiger partial charge in [0.05, 0.1) is 30.3 Å². The van der Waals surface area contributed by atoms with Gasteiger partial charge >= 0.3 is 11.9 Å². The highest BCUT2D eigenvalue weighted by molar-refractivity contribution is 9.10. The maximum absolute atomic E-state index is 12.0. The van der Waals surface area contributed by atoms with Crippen LogP contribution in [-0.4, -0.2) is 45.4 Å². The standard InChI is InChI=1S/C26H27BrN4O4/c1-17-16-29-26-22(8-5-14-35-24(33)9-6-13-34-18(2)32)30-25(21-7-3-4-12-28-21)20-15-19(27)10-11-23(20)31(17)26/h3-4,7,10-12,15-16,22H,5-6,8-9,13-14H2,1-2H3/t22-/m0/s1. The summed E-state index contributed by atoms with van der Waals surface area (Å²) in [5, 5.41) is 0. The van der Waals surface area contributed by atoms with Crippen molar-refractivity contribution in [2.24, 2.45) is 4.99 Å². The summed E-state index contributed by atoms with van der Waals surface area (Å²) in [5.74, 6) is 0.200. The summed E-state index contributed by atoms with van der Waals surface area (Å²) in [4.78, 5) is 37.2. The number of nitrogens with zero attached hydrogens (tertiary/aromatic N) is 4. The van der Waals surface area contributed by atoms with Crippen molar-refractivity contribution in [3.63, 3.8) is 0 Å². The van der Waals surface area contributed by atoms with Crippen LogP contribution in [0, 0.1) is 6.92 Å². The fourth-order valence-corrected chi connectivity index (χ4v) is 4.41. The molecule has 1 atom stereocenters. The van der Waals surface area contributed by atoms with Gasteiger partial charge < -0.3 is 9.47 Å². The number of hydrogen-bond donors (Lipinski definition) is 0. The lowest BCUT2D eigenvalue weighted by Crippen LogP contribution is -2.10. The summed E-state index contributed by atoms with van der Waals surface area (Å²) in [5.41, 5.74) is 4.59. The lowest BCUT2D eigenvalue weighted by atomic mass is 10.0. The maximum Gasteiger partial charge on any atom is 0.305 e. The van der Waals surface area contributed by atoms with Crippen LogP contribution in [0.15, 0.2) is 58.3 Å². The number of carbonyl (C=O) groups is 2. The van der Waals surface area contributed by atoms with Crippen LogP contribution in [0.5, 0.6) is 0 Å². The summed E-state index contributed by atoms with van der Waals surface area (Å²) < 4.78 is 13.3. The van der Waals surface area contributed by atoms with Crippen LogP contribution in [0.1, 0.15) is 61.4 Å². The molecule has 0 spiro atoms. The van der Waals surface area contributed by atoms with Gasteiger partial charge in [0.1, 0.15) is 11.9 Å².